The molecule has 2 aromatic rings. The lowest BCUT2D eigenvalue weighted by molar-refractivity contribution is 0.100. The van der Waals surface area contributed by atoms with Gasteiger partial charge in [0.15, 0.2) is 0 Å². The van der Waals surface area contributed by atoms with Crippen LogP contribution in [0.25, 0.3) is 10.9 Å². The molecule has 4 heteroatoms. The van der Waals surface area contributed by atoms with E-state index >= 15 is 0 Å². The Bertz CT molecular complexity index is 542. The third-order valence-electron chi connectivity index (χ3n) is 2.71. The summed E-state index contributed by atoms with van der Waals surface area (Å²) in [7, 11) is 0. The summed E-state index contributed by atoms with van der Waals surface area (Å²) in [5.41, 5.74) is 14.3. The zero-order valence-electron chi connectivity index (χ0n) is 9.13. The molecule has 0 spiro atoms. The molecule has 83 valence electrons. The molecule has 0 aliphatic heterocycles. The number of hydrogen-bond donors (Lipinski definition) is 3. The number of aromatic amines is 1. The third-order valence-corrected chi connectivity index (χ3v) is 2.71. The fourth-order valence-electron chi connectivity index (χ4n) is 2.03. The lowest BCUT2D eigenvalue weighted by Crippen LogP contribution is -2.12. The minimum atomic E-state index is -0.456. The lowest BCUT2D eigenvalue weighted by Gasteiger charge is -2.02. The second kappa shape index (κ2) is 3.98. The lowest BCUT2D eigenvalue weighted by atomic mass is 10.0. The normalized spacial score (nSPS) is 10.9. The van der Waals surface area contributed by atoms with E-state index in [9.17, 15) is 4.79 Å². The van der Waals surface area contributed by atoms with Crippen molar-refractivity contribution in [2.24, 2.45) is 11.5 Å². The fourth-order valence-corrected chi connectivity index (χ4v) is 2.03. The molecule has 0 aliphatic carbocycles. The zero-order chi connectivity index (χ0) is 11.7. The van der Waals surface area contributed by atoms with E-state index in [0.717, 1.165) is 28.6 Å². The van der Waals surface area contributed by atoms with E-state index in [-0.39, 0.29) is 0 Å². The minimum Gasteiger partial charge on any atom is -0.366 e. The number of fused-ring (bicyclic) bond motifs is 1. The fraction of sp³-hybridized carbons (Fsp3) is 0.250. The molecule has 0 saturated carbocycles. The van der Waals surface area contributed by atoms with Crippen molar-refractivity contribution in [1.82, 2.24) is 4.98 Å². The molecule has 0 aliphatic rings. The number of nitrogens with one attached hydrogen (secondary N) is 1. The number of carbonyl (C=O) groups is 1. The number of hydrogen-bond acceptors (Lipinski definition) is 2. The first kappa shape index (κ1) is 10.7. The second-order valence-corrected chi connectivity index (χ2v) is 3.77. The molecule has 1 heterocycles. The average Bonchev–Trinajstić information content (AvgIpc) is 2.55. The van der Waals surface area contributed by atoms with Gasteiger partial charge in [-0.05, 0) is 37.6 Å². The topological polar surface area (TPSA) is 84.9 Å². The summed E-state index contributed by atoms with van der Waals surface area (Å²) in [4.78, 5) is 14.6. The smallest absolute Gasteiger partial charge is 0.250 e. The number of primary amides is 1. The first-order valence-electron chi connectivity index (χ1n) is 5.17. The van der Waals surface area contributed by atoms with Gasteiger partial charge in [0.05, 0.1) is 5.56 Å². The number of rotatable bonds is 3. The van der Waals surface area contributed by atoms with Crippen LogP contribution in [0.15, 0.2) is 12.1 Å². The van der Waals surface area contributed by atoms with Crippen LogP contribution in [0.1, 0.15) is 21.6 Å². The Labute approximate surface area is 93.6 Å². The van der Waals surface area contributed by atoms with Crippen molar-refractivity contribution in [1.29, 1.82) is 0 Å². The molecule has 0 fully saturated rings. The van der Waals surface area contributed by atoms with Crippen LogP contribution in [-0.4, -0.2) is 17.4 Å². The predicted octanol–water partition coefficient (Wildman–Crippen LogP) is 0.877. The molecular weight excluding hydrogens is 202 g/mol. The Morgan fingerprint density at radius 3 is 2.94 bits per heavy atom. The molecule has 0 atom stereocenters. The number of benzene rings is 1. The van der Waals surface area contributed by atoms with Gasteiger partial charge in [-0.1, -0.05) is 6.07 Å². The maximum Gasteiger partial charge on any atom is 0.250 e. The van der Waals surface area contributed by atoms with Crippen molar-refractivity contribution in [3.63, 3.8) is 0 Å². The third kappa shape index (κ3) is 1.57. The molecule has 0 saturated heterocycles. The van der Waals surface area contributed by atoms with Crippen molar-refractivity contribution >= 4 is 16.8 Å². The standard InChI is InChI=1S/C12H14N3O/c1-7-8(5-6-13)11-9(12(14)16)3-2-4-10(11)15-7/h2,4,15H,5-6,13H2,1H3,(H2,14,16). The van der Waals surface area contributed by atoms with Crippen molar-refractivity contribution in [2.75, 3.05) is 6.54 Å². The maximum absolute atomic E-state index is 11.3. The average molecular weight is 216 g/mol. The van der Waals surface area contributed by atoms with Crippen molar-refractivity contribution in [2.45, 2.75) is 13.3 Å². The SMILES string of the molecule is Cc1[nH]c2cc[c]c(C(N)=O)c2c1CCN. The van der Waals surface area contributed by atoms with Crippen LogP contribution in [0.4, 0.5) is 0 Å². The summed E-state index contributed by atoms with van der Waals surface area (Å²) in [5.74, 6) is -0.456. The molecule has 2 rings (SSSR count). The molecule has 5 N–H and O–H groups in total. The Morgan fingerprint density at radius 1 is 1.56 bits per heavy atom. The van der Waals surface area contributed by atoms with Gasteiger partial charge in [-0.25, -0.2) is 0 Å². The molecule has 0 bridgehead atoms. The van der Waals surface area contributed by atoms with E-state index in [2.05, 4.69) is 11.1 Å². The van der Waals surface area contributed by atoms with E-state index < -0.39 is 5.91 Å². The van der Waals surface area contributed by atoms with E-state index in [1.807, 2.05) is 13.0 Å². The summed E-state index contributed by atoms with van der Waals surface area (Å²) in [6, 6.07) is 6.47. The van der Waals surface area contributed by atoms with Gasteiger partial charge in [0.25, 0.3) is 0 Å². The Morgan fingerprint density at radius 2 is 2.31 bits per heavy atom. The summed E-state index contributed by atoms with van der Waals surface area (Å²) in [6.07, 6.45) is 0.726. The zero-order valence-corrected chi connectivity index (χ0v) is 9.13. The molecule has 16 heavy (non-hydrogen) atoms. The van der Waals surface area contributed by atoms with E-state index in [0.29, 0.717) is 12.1 Å². The first-order valence-corrected chi connectivity index (χ1v) is 5.17. The summed E-state index contributed by atoms with van der Waals surface area (Å²) in [5, 5.41) is 0.859. The molecule has 1 aromatic heterocycles. The molecule has 4 nitrogen and oxygen atoms in total. The van der Waals surface area contributed by atoms with E-state index in [1.54, 1.807) is 6.07 Å². The molecule has 1 radical (unpaired) electrons. The van der Waals surface area contributed by atoms with Gasteiger partial charge in [-0.3, -0.25) is 4.79 Å². The van der Waals surface area contributed by atoms with Gasteiger partial charge >= 0.3 is 0 Å². The van der Waals surface area contributed by atoms with E-state index in [1.165, 1.54) is 0 Å². The van der Waals surface area contributed by atoms with Gasteiger partial charge in [-0.2, -0.15) is 0 Å². The summed E-state index contributed by atoms with van der Waals surface area (Å²) < 4.78 is 0. The number of amides is 1. The van der Waals surface area contributed by atoms with Crippen LogP contribution in [0.2, 0.25) is 0 Å². The van der Waals surface area contributed by atoms with Gasteiger partial charge in [0.2, 0.25) is 5.91 Å². The van der Waals surface area contributed by atoms with Gasteiger partial charge in [0, 0.05) is 16.6 Å². The monoisotopic (exact) mass is 216 g/mol. The van der Waals surface area contributed by atoms with Crippen molar-refractivity contribution in [3.8, 4) is 0 Å². The highest BCUT2D eigenvalue weighted by molar-refractivity contribution is 6.07. The molecule has 1 aromatic carbocycles. The number of carbonyl (C=O) groups excluding carboxylic acids is 1. The highest BCUT2D eigenvalue weighted by Crippen LogP contribution is 2.25. The van der Waals surface area contributed by atoms with Crippen molar-refractivity contribution in [3.05, 3.63) is 35.0 Å². The Kier molecular flexibility index (Phi) is 2.66. The summed E-state index contributed by atoms with van der Waals surface area (Å²) in [6.45, 7) is 2.51. The first-order chi connectivity index (χ1) is 7.65. The number of aryl methyl sites for hydroxylation is 1. The van der Waals surface area contributed by atoms with Gasteiger partial charge in [-0.15, -0.1) is 0 Å². The van der Waals surface area contributed by atoms with Gasteiger partial charge < -0.3 is 16.5 Å². The molecule has 0 unspecified atom stereocenters. The highest BCUT2D eigenvalue weighted by Gasteiger charge is 2.14. The minimum absolute atomic E-state index is 0.435. The Balaban J connectivity index is 2.77. The maximum atomic E-state index is 11.3. The van der Waals surface area contributed by atoms with Crippen LogP contribution in [0, 0.1) is 13.0 Å². The quantitative estimate of drug-likeness (QED) is 0.711. The number of H-pyrrole nitrogens is 1. The van der Waals surface area contributed by atoms with Crippen LogP contribution in [0.3, 0.4) is 0 Å². The molecule has 1 amide bonds. The van der Waals surface area contributed by atoms with E-state index in [4.69, 9.17) is 11.5 Å². The highest BCUT2D eigenvalue weighted by atomic mass is 16.1. The largest absolute Gasteiger partial charge is 0.366 e. The van der Waals surface area contributed by atoms with Crippen LogP contribution >= 0.6 is 0 Å². The predicted molar refractivity (Wildman–Crippen MR) is 63.1 cm³/mol. The number of nitrogens with two attached hydrogens (primary N) is 2. The van der Waals surface area contributed by atoms with Crippen molar-refractivity contribution < 1.29 is 4.79 Å². The Hall–Kier alpha value is -1.81. The van der Waals surface area contributed by atoms with Crippen LogP contribution < -0.4 is 11.5 Å². The summed E-state index contributed by atoms with van der Waals surface area (Å²) >= 11 is 0. The van der Waals surface area contributed by atoms with Crippen LogP contribution in [-0.2, 0) is 6.42 Å². The molecular formula is C12H14N3O. The number of aromatic nitrogens is 1. The van der Waals surface area contributed by atoms with Gasteiger partial charge in [0.1, 0.15) is 0 Å². The van der Waals surface area contributed by atoms with Crippen LogP contribution in [0.5, 0.6) is 0 Å². The second-order valence-electron chi connectivity index (χ2n) is 3.77.